The Morgan fingerprint density at radius 1 is 1.36 bits per heavy atom. The van der Waals surface area contributed by atoms with Gasteiger partial charge in [-0.1, -0.05) is 31.3 Å². The maximum atomic E-state index is 5.01. The van der Waals surface area contributed by atoms with Crippen LogP contribution in [0.1, 0.15) is 39.5 Å². The van der Waals surface area contributed by atoms with Gasteiger partial charge in [0.15, 0.2) is 5.17 Å². The lowest BCUT2D eigenvalue weighted by Gasteiger charge is -2.29. The number of fused-ring (bicyclic) bond motifs is 1. The van der Waals surface area contributed by atoms with Gasteiger partial charge in [0.25, 0.3) is 0 Å². The van der Waals surface area contributed by atoms with E-state index in [9.17, 15) is 0 Å². The molecule has 3 aliphatic heterocycles. The Labute approximate surface area is 173 Å². The highest BCUT2D eigenvalue weighted by Crippen LogP contribution is 2.37. The van der Waals surface area contributed by atoms with Crippen LogP contribution in [0.3, 0.4) is 0 Å². The maximum Gasteiger partial charge on any atom is 0.163 e. The number of nitrogens with zero attached hydrogens (tertiary/aromatic N) is 2. The Morgan fingerprint density at radius 3 is 2.86 bits per heavy atom. The lowest BCUT2D eigenvalue weighted by molar-refractivity contribution is 0.276. The molecule has 4 rings (SSSR count). The first-order valence-electron chi connectivity index (χ1n) is 10.8. The minimum Gasteiger partial charge on any atom is -0.370 e. The van der Waals surface area contributed by atoms with Crippen molar-refractivity contribution >= 4 is 22.8 Å². The zero-order valence-electron chi connectivity index (χ0n) is 17.1. The Bertz CT molecular complexity index is 660. The third-order valence-corrected chi connectivity index (χ3v) is 7.33. The van der Waals surface area contributed by atoms with Crippen LogP contribution in [0.4, 0.5) is 0 Å². The van der Waals surface area contributed by atoms with Crippen molar-refractivity contribution in [2.24, 2.45) is 21.8 Å². The maximum absolute atomic E-state index is 5.01. The third-order valence-electron chi connectivity index (χ3n) is 6.23. The molecule has 4 aliphatic rings. The molecule has 0 aromatic carbocycles. The van der Waals surface area contributed by atoms with Crippen molar-refractivity contribution in [2.45, 2.75) is 63.0 Å². The Kier molecular flexibility index (Phi) is 6.43. The molecule has 0 radical (unpaired) electrons. The molecule has 3 heterocycles. The molecule has 0 spiro atoms. The highest BCUT2D eigenvalue weighted by atomic mass is 32.2. The third kappa shape index (κ3) is 4.47. The van der Waals surface area contributed by atoms with Crippen LogP contribution < -0.4 is 21.3 Å². The topological polar surface area (TPSA) is 72.8 Å². The second-order valence-electron chi connectivity index (χ2n) is 8.44. The van der Waals surface area contributed by atoms with E-state index in [1.807, 2.05) is 12.2 Å². The van der Waals surface area contributed by atoms with Crippen molar-refractivity contribution in [2.75, 3.05) is 19.6 Å². The number of thioether (sulfide) groups is 1. The van der Waals surface area contributed by atoms with Crippen molar-refractivity contribution in [1.82, 2.24) is 21.3 Å². The zero-order valence-corrected chi connectivity index (χ0v) is 17.9. The molecule has 0 bridgehead atoms. The van der Waals surface area contributed by atoms with Gasteiger partial charge in [-0.15, -0.1) is 0 Å². The van der Waals surface area contributed by atoms with Crippen molar-refractivity contribution < 1.29 is 0 Å². The highest BCUT2D eigenvalue weighted by Gasteiger charge is 2.42. The van der Waals surface area contributed by atoms with Crippen LogP contribution in [-0.4, -0.2) is 54.1 Å². The predicted molar refractivity (Wildman–Crippen MR) is 120 cm³/mol. The van der Waals surface area contributed by atoms with Gasteiger partial charge in [-0.05, 0) is 57.1 Å². The summed E-state index contributed by atoms with van der Waals surface area (Å²) in [5.41, 5.74) is 0.980. The van der Waals surface area contributed by atoms with E-state index >= 15 is 0 Å². The fraction of sp³-hybridized carbons (Fsp3) is 0.714. The van der Waals surface area contributed by atoms with Crippen LogP contribution in [0.5, 0.6) is 0 Å². The number of rotatable bonds is 6. The van der Waals surface area contributed by atoms with Crippen molar-refractivity contribution in [3.8, 4) is 0 Å². The van der Waals surface area contributed by atoms with E-state index in [0.29, 0.717) is 17.5 Å². The van der Waals surface area contributed by atoms with Crippen LogP contribution in [0.2, 0.25) is 0 Å². The molecule has 0 amide bonds. The summed E-state index contributed by atoms with van der Waals surface area (Å²) in [6.07, 6.45) is 8.92. The van der Waals surface area contributed by atoms with Gasteiger partial charge in [0.05, 0.1) is 17.1 Å². The van der Waals surface area contributed by atoms with E-state index < -0.39 is 0 Å². The molecule has 1 saturated carbocycles. The van der Waals surface area contributed by atoms with Gasteiger partial charge in [-0.3, -0.25) is 4.99 Å². The molecular formula is C21H34N6S. The lowest BCUT2D eigenvalue weighted by atomic mass is 9.80. The van der Waals surface area contributed by atoms with Crippen LogP contribution in [-0.2, 0) is 0 Å². The summed E-state index contributed by atoms with van der Waals surface area (Å²) in [5, 5.41) is 15.7. The SMILES string of the molecule is C=C/C=C(\N=C(/NCC)SC1C[C@@H](C)CN1)[C@H]1CNC(C2C[C@H]3CC[C@H]3N2)=N1. The summed E-state index contributed by atoms with van der Waals surface area (Å²) in [4.78, 5) is 9.99. The lowest BCUT2D eigenvalue weighted by Crippen LogP contribution is -2.42. The van der Waals surface area contributed by atoms with Crippen LogP contribution in [0.25, 0.3) is 0 Å². The number of hydrogen-bond acceptors (Lipinski definition) is 6. The fourth-order valence-electron chi connectivity index (χ4n) is 4.54. The van der Waals surface area contributed by atoms with E-state index in [0.717, 1.165) is 48.2 Å². The number of allylic oxidation sites excluding steroid dienone is 2. The second-order valence-corrected chi connectivity index (χ2v) is 9.63. The normalized spacial score (nSPS) is 37.9. The molecule has 28 heavy (non-hydrogen) atoms. The van der Waals surface area contributed by atoms with Gasteiger partial charge in [0, 0.05) is 19.1 Å². The summed E-state index contributed by atoms with van der Waals surface area (Å²) < 4.78 is 0. The van der Waals surface area contributed by atoms with Crippen LogP contribution in [0.15, 0.2) is 34.4 Å². The first-order chi connectivity index (χ1) is 13.7. The molecule has 6 nitrogen and oxygen atoms in total. The second kappa shape index (κ2) is 9.01. The fourth-order valence-corrected chi connectivity index (χ4v) is 5.80. The average Bonchev–Trinajstić information content (AvgIpc) is 3.35. The molecule has 4 N–H and O–H groups in total. The summed E-state index contributed by atoms with van der Waals surface area (Å²) in [5.74, 6) is 2.70. The Morgan fingerprint density at radius 2 is 2.25 bits per heavy atom. The Balaban J connectivity index is 1.45. The van der Waals surface area contributed by atoms with E-state index in [2.05, 4.69) is 41.7 Å². The van der Waals surface area contributed by atoms with E-state index in [1.54, 1.807) is 11.8 Å². The molecule has 0 aromatic rings. The Hall–Kier alpha value is -1.31. The number of hydrogen-bond donors (Lipinski definition) is 4. The molecule has 7 heteroatoms. The standard InChI is InChI=1S/C21H34N6S/c1-4-6-16(27-21(22-5-2)28-19-9-13(3)11-23-19)18-12-24-20(26-18)17-10-14-7-8-15(14)25-17/h4,6,13-15,17-19,23,25H,1,5,7-12H2,2-3H3,(H,22,27)(H,24,26)/b16-6-/t13-,14-,15-,17?,18-,19?/m1/s1. The quantitative estimate of drug-likeness (QED) is 0.312. The summed E-state index contributed by atoms with van der Waals surface area (Å²) in [6, 6.07) is 1.16. The number of nitrogens with one attached hydrogen (secondary N) is 4. The summed E-state index contributed by atoms with van der Waals surface area (Å²) in [7, 11) is 0. The van der Waals surface area contributed by atoms with E-state index in [1.165, 1.54) is 25.7 Å². The van der Waals surface area contributed by atoms with Gasteiger partial charge in [0.2, 0.25) is 0 Å². The van der Waals surface area contributed by atoms with Gasteiger partial charge >= 0.3 is 0 Å². The molecule has 2 unspecified atom stereocenters. The van der Waals surface area contributed by atoms with Crippen molar-refractivity contribution in [3.63, 3.8) is 0 Å². The van der Waals surface area contributed by atoms with Crippen LogP contribution >= 0.6 is 11.8 Å². The minimum atomic E-state index is 0.0535. The van der Waals surface area contributed by atoms with Gasteiger partial charge in [0.1, 0.15) is 11.9 Å². The van der Waals surface area contributed by atoms with E-state index in [4.69, 9.17) is 9.98 Å². The van der Waals surface area contributed by atoms with Crippen molar-refractivity contribution in [3.05, 3.63) is 24.4 Å². The molecule has 6 atom stereocenters. The zero-order chi connectivity index (χ0) is 19.5. The molecule has 154 valence electrons. The molecule has 3 fully saturated rings. The van der Waals surface area contributed by atoms with Crippen molar-refractivity contribution in [1.29, 1.82) is 0 Å². The average molecular weight is 403 g/mol. The smallest absolute Gasteiger partial charge is 0.163 e. The molecule has 0 aromatic heterocycles. The number of aliphatic imine (C=N–C) groups is 2. The monoisotopic (exact) mass is 402 g/mol. The predicted octanol–water partition coefficient (Wildman–Crippen LogP) is 2.22. The summed E-state index contributed by atoms with van der Waals surface area (Å²) in [6.45, 7) is 11.1. The molecular weight excluding hydrogens is 368 g/mol. The highest BCUT2D eigenvalue weighted by molar-refractivity contribution is 8.14. The van der Waals surface area contributed by atoms with Gasteiger partial charge in [-0.25, -0.2) is 4.99 Å². The summed E-state index contributed by atoms with van der Waals surface area (Å²) >= 11 is 1.80. The molecule has 2 saturated heterocycles. The molecule has 1 aliphatic carbocycles. The van der Waals surface area contributed by atoms with Crippen LogP contribution in [0, 0.1) is 11.8 Å². The van der Waals surface area contributed by atoms with Gasteiger partial charge < -0.3 is 21.3 Å². The first kappa shape index (κ1) is 20.0. The van der Waals surface area contributed by atoms with E-state index in [-0.39, 0.29) is 6.04 Å². The first-order valence-corrected chi connectivity index (χ1v) is 11.7. The minimum absolute atomic E-state index is 0.0535. The largest absolute Gasteiger partial charge is 0.370 e. The van der Waals surface area contributed by atoms with Gasteiger partial charge in [-0.2, -0.15) is 0 Å². The number of amidine groups is 2.